The van der Waals surface area contributed by atoms with Gasteiger partial charge in [-0.15, -0.1) is 0 Å². The molecule has 4 rings (SSSR count). The second-order valence-electron chi connectivity index (χ2n) is 8.19. The Balaban J connectivity index is 1.74. The van der Waals surface area contributed by atoms with Crippen LogP contribution >= 0.6 is 0 Å². The molecule has 0 bridgehead atoms. The zero-order chi connectivity index (χ0) is 24.1. The summed E-state index contributed by atoms with van der Waals surface area (Å²) >= 11 is 0. The van der Waals surface area contributed by atoms with Crippen LogP contribution in [0.2, 0.25) is 0 Å². The number of nitrogens with zero attached hydrogens (tertiary/aromatic N) is 3. The lowest BCUT2D eigenvalue weighted by Crippen LogP contribution is -2.09. The average Bonchev–Trinajstić information content (AvgIpc) is 3.23. The molecule has 0 saturated heterocycles. The third-order valence-electron chi connectivity index (χ3n) is 6.04. The largest absolute Gasteiger partial charge is 0.465 e. The Morgan fingerprint density at radius 2 is 1.88 bits per heavy atom. The molecule has 0 atom stereocenters. The van der Waals surface area contributed by atoms with Crippen LogP contribution in [0.25, 0.3) is 22.2 Å². The summed E-state index contributed by atoms with van der Waals surface area (Å²) in [4.78, 5) is 17.3. The lowest BCUT2D eigenvalue weighted by Gasteiger charge is -2.13. The third kappa shape index (κ3) is 4.43. The molecule has 6 nitrogen and oxygen atoms in total. The van der Waals surface area contributed by atoms with Gasteiger partial charge in [-0.2, -0.15) is 5.26 Å². The van der Waals surface area contributed by atoms with Crippen molar-refractivity contribution in [2.75, 3.05) is 7.11 Å². The zero-order valence-corrected chi connectivity index (χ0v) is 19.4. The zero-order valence-electron chi connectivity index (χ0n) is 19.4. The molecule has 0 aliphatic carbocycles. The van der Waals surface area contributed by atoms with Gasteiger partial charge in [0.25, 0.3) is 0 Å². The Morgan fingerprint density at radius 3 is 2.56 bits per heavy atom. The van der Waals surface area contributed by atoms with Crippen LogP contribution in [0, 0.1) is 11.3 Å². The van der Waals surface area contributed by atoms with Crippen molar-refractivity contribution >= 4 is 17.0 Å². The van der Waals surface area contributed by atoms with Gasteiger partial charge in [-0.3, -0.25) is 0 Å². The second kappa shape index (κ2) is 10.3. The molecule has 0 radical (unpaired) electrons. The summed E-state index contributed by atoms with van der Waals surface area (Å²) in [7, 11) is 1.39. The Labute approximate surface area is 199 Å². The van der Waals surface area contributed by atoms with E-state index in [9.17, 15) is 15.2 Å². The maximum Gasteiger partial charge on any atom is 0.340 e. The number of fused-ring (bicyclic) bond motifs is 1. The fraction of sp³-hybridized carbons (Fsp3) is 0.250. The van der Waals surface area contributed by atoms with E-state index in [-0.39, 0.29) is 12.6 Å². The van der Waals surface area contributed by atoms with E-state index in [1.165, 1.54) is 7.11 Å². The highest BCUT2D eigenvalue weighted by atomic mass is 16.5. The number of nitriles is 1. The van der Waals surface area contributed by atoms with Gasteiger partial charge in [0.1, 0.15) is 11.9 Å². The summed E-state index contributed by atoms with van der Waals surface area (Å²) in [5.74, 6) is 0.566. The van der Waals surface area contributed by atoms with Crippen LogP contribution in [0.15, 0.2) is 60.7 Å². The quantitative estimate of drug-likeness (QED) is 0.368. The number of esters is 1. The van der Waals surface area contributed by atoms with Crippen LogP contribution in [0.1, 0.15) is 52.6 Å². The molecule has 4 aromatic rings. The highest BCUT2D eigenvalue weighted by Crippen LogP contribution is 2.28. The van der Waals surface area contributed by atoms with Crippen molar-refractivity contribution in [3.63, 3.8) is 0 Å². The molecule has 1 N–H and O–H groups in total. The minimum absolute atomic E-state index is 0.175. The standard InChI is InChI=1S/C28H27N3O3/c1-3-4-11-26-30-25-10-6-9-23(28(33)34-2)27(25)31(26)17-19-12-14-20(15-13-19)22-8-5-7-21(18-32)24(22)16-29/h5-10,12-15,32H,3-4,11,17-18H2,1-2H3. The molecule has 0 saturated carbocycles. The number of hydrogen-bond donors (Lipinski definition) is 1. The number of hydrogen-bond acceptors (Lipinski definition) is 5. The molecular formula is C28H27N3O3. The fourth-order valence-corrected chi connectivity index (χ4v) is 4.28. The van der Waals surface area contributed by atoms with Crippen molar-refractivity contribution < 1.29 is 14.6 Å². The van der Waals surface area contributed by atoms with E-state index in [0.29, 0.717) is 23.2 Å². The van der Waals surface area contributed by atoms with Crippen molar-refractivity contribution in [2.24, 2.45) is 0 Å². The molecule has 0 amide bonds. The third-order valence-corrected chi connectivity index (χ3v) is 6.04. The number of carbonyl (C=O) groups is 1. The van der Waals surface area contributed by atoms with E-state index in [2.05, 4.69) is 17.6 Å². The number of para-hydroxylation sites is 1. The lowest BCUT2D eigenvalue weighted by molar-refractivity contribution is 0.0602. The predicted octanol–water partition coefficient (Wildman–Crippen LogP) is 5.24. The molecule has 0 unspecified atom stereocenters. The van der Waals surface area contributed by atoms with E-state index >= 15 is 0 Å². The second-order valence-corrected chi connectivity index (χ2v) is 8.19. The van der Waals surface area contributed by atoms with E-state index < -0.39 is 0 Å². The highest BCUT2D eigenvalue weighted by molar-refractivity contribution is 6.02. The highest BCUT2D eigenvalue weighted by Gasteiger charge is 2.19. The average molecular weight is 454 g/mol. The van der Waals surface area contributed by atoms with Crippen molar-refractivity contribution in [1.29, 1.82) is 5.26 Å². The summed E-state index contributed by atoms with van der Waals surface area (Å²) in [6, 6.07) is 21.3. The number of aliphatic hydroxyl groups is 1. The molecule has 172 valence electrons. The van der Waals surface area contributed by atoms with E-state index in [0.717, 1.165) is 52.8 Å². The van der Waals surface area contributed by atoms with Gasteiger partial charge in [0.2, 0.25) is 0 Å². The normalized spacial score (nSPS) is 10.9. The van der Waals surface area contributed by atoms with Crippen molar-refractivity contribution in [2.45, 2.75) is 39.3 Å². The summed E-state index contributed by atoms with van der Waals surface area (Å²) in [6.07, 6.45) is 2.88. The van der Waals surface area contributed by atoms with E-state index in [1.54, 1.807) is 12.1 Å². The van der Waals surface area contributed by atoms with Gasteiger partial charge in [-0.25, -0.2) is 9.78 Å². The lowest BCUT2D eigenvalue weighted by atomic mass is 9.96. The van der Waals surface area contributed by atoms with Gasteiger partial charge >= 0.3 is 5.97 Å². The molecule has 6 heteroatoms. The number of aryl methyl sites for hydroxylation is 1. The Hall–Kier alpha value is -3.95. The van der Waals surface area contributed by atoms with Gasteiger partial charge in [0, 0.05) is 13.0 Å². The number of aromatic nitrogens is 2. The van der Waals surface area contributed by atoms with Gasteiger partial charge in [0.05, 0.1) is 35.9 Å². The maximum absolute atomic E-state index is 12.5. The smallest absolute Gasteiger partial charge is 0.340 e. The minimum Gasteiger partial charge on any atom is -0.465 e. The predicted molar refractivity (Wildman–Crippen MR) is 131 cm³/mol. The molecule has 1 heterocycles. The molecule has 0 spiro atoms. The van der Waals surface area contributed by atoms with E-state index in [4.69, 9.17) is 9.72 Å². The van der Waals surface area contributed by atoms with Gasteiger partial charge < -0.3 is 14.4 Å². The minimum atomic E-state index is -0.378. The first-order chi connectivity index (χ1) is 16.6. The van der Waals surface area contributed by atoms with Crippen molar-refractivity contribution in [3.8, 4) is 17.2 Å². The Kier molecular flexibility index (Phi) is 7.05. The monoisotopic (exact) mass is 453 g/mol. The summed E-state index contributed by atoms with van der Waals surface area (Å²) in [5, 5.41) is 19.2. The maximum atomic E-state index is 12.5. The van der Waals surface area contributed by atoms with Gasteiger partial charge in [-0.1, -0.05) is 61.9 Å². The number of carbonyl (C=O) groups excluding carboxylic acids is 1. The number of benzene rings is 3. The number of aliphatic hydroxyl groups excluding tert-OH is 1. The summed E-state index contributed by atoms with van der Waals surface area (Å²) < 4.78 is 7.13. The molecule has 0 fully saturated rings. The molecular weight excluding hydrogens is 426 g/mol. The fourth-order valence-electron chi connectivity index (χ4n) is 4.28. The van der Waals surface area contributed by atoms with Gasteiger partial charge in [0.15, 0.2) is 0 Å². The van der Waals surface area contributed by atoms with Crippen LogP contribution in [0.5, 0.6) is 0 Å². The topological polar surface area (TPSA) is 88.1 Å². The molecule has 1 aromatic heterocycles. The number of methoxy groups -OCH3 is 1. The number of rotatable bonds is 8. The Bertz CT molecular complexity index is 1360. The molecule has 0 aliphatic rings. The molecule has 34 heavy (non-hydrogen) atoms. The SMILES string of the molecule is CCCCc1nc2cccc(C(=O)OC)c2n1Cc1ccc(-c2cccc(CO)c2C#N)cc1. The van der Waals surface area contributed by atoms with Crippen molar-refractivity contribution in [1.82, 2.24) is 9.55 Å². The molecule has 0 aliphatic heterocycles. The first-order valence-electron chi connectivity index (χ1n) is 11.4. The Morgan fingerprint density at radius 1 is 1.12 bits per heavy atom. The van der Waals surface area contributed by atoms with Crippen molar-refractivity contribution in [3.05, 3.63) is 88.7 Å². The van der Waals surface area contributed by atoms with Crippen LogP contribution in [0.4, 0.5) is 0 Å². The number of imidazole rings is 1. The van der Waals surface area contributed by atoms with Gasteiger partial charge in [-0.05, 0) is 40.8 Å². The van der Waals surface area contributed by atoms with Crippen LogP contribution in [0.3, 0.4) is 0 Å². The number of unbranched alkanes of at least 4 members (excludes halogenated alkanes) is 1. The van der Waals surface area contributed by atoms with Crippen LogP contribution in [-0.2, 0) is 24.3 Å². The van der Waals surface area contributed by atoms with Crippen LogP contribution < -0.4 is 0 Å². The number of ether oxygens (including phenoxy) is 1. The summed E-state index contributed by atoms with van der Waals surface area (Å²) in [5.41, 5.74) is 5.94. The first kappa shape index (κ1) is 23.2. The first-order valence-corrected chi connectivity index (χ1v) is 11.4. The molecule has 3 aromatic carbocycles. The van der Waals surface area contributed by atoms with E-state index in [1.807, 2.05) is 48.5 Å². The van der Waals surface area contributed by atoms with Crippen LogP contribution in [-0.4, -0.2) is 27.7 Å². The summed E-state index contributed by atoms with van der Waals surface area (Å²) in [6.45, 7) is 2.53.